The number of amides is 2. The first-order chi connectivity index (χ1) is 17.1. The molecule has 2 heterocycles. The molecule has 4 aromatic rings. The van der Waals surface area contributed by atoms with Crippen molar-refractivity contribution in [3.8, 4) is 5.69 Å². The Balaban J connectivity index is 1.53. The number of hydrogen-bond donors (Lipinski definition) is 1. The first-order valence-electron chi connectivity index (χ1n) is 11.4. The van der Waals surface area contributed by atoms with Gasteiger partial charge in [-0.05, 0) is 66.6 Å². The molecule has 0 bridgehead atoms. The molecule has 0 spiro atoms. The van der Waals surface area contributed by atoms with Crippen molar-refractivity contribution in [3.63, 3.8) is 0 Å². The molecule has 0 aliphatic carbocycles. The standard InChI is InChI=1S/C28H24ClN3O3/c1-2-35-27(33)19-13-15-21(16-14-19)30-28(34)32-18-20-8-3-6-11-24(20)31-17-7-12-25(31)26(32)22-9-4-5-10-23(22)29/h3-17,26H,2,18H2,1H3,(H,30,34)/t26-/m0/s1. The number of nitrogens with one attached hydrogen (secondary N) is 1. The van der Waals surface area contributed by atoms with Crippen molar-refractivity contribution in [2.45, 2.75) is 19.5 Å². The maximum atomic E-state index is 13.7. The second-order valence-electron chi connectivity index (χ2n) is 8.21. The number of urea groups is 1. The van der Waals surface area contributed by atoms with E-state index in [-0.39, 0.29) is 6.03 Å². The number of benzene rings is 3. The Hall–Kier alpha value is -4.03. The Bertz CT molecular complexity index is 1380. The molecule has 1 aromatic heterocycles. The van der Waals surface area contributed by atoms with Crippen molar-refractivity contribution in [2.24, 2.45) is 0 Å². The summed E-state index contributed by atoms with van der Waals surface area (Å²) in [4.78, 5) is 27.5. The maximum Gasteiger partial charge on any atom is 0.338 e. The van der Waals surface area contributed by atoms with Crippen LogP contribution in [0.1, 0.15) is 40.1 Å². The SMILES string of the molecule is CCOC(=O)c1ccc(NC(=O)N2Cc3ccccc3-n3cccc3[C@@H]2c2ccccc2Cl)cc1. The van der Waals surface area contributed by atoms with Crippen molar-refractivity contribution in [2.75, 3.05) is 11.9 Å². The second kappa shape index (κ2) is 9.68. The van der Waals surface area contributed by atoms with Gasteiger partial charge in [-0.1, -0.05) is 48.0 Å². The van der Waals surface area contributed by atoms with E-state index in [9.17, 15) is 9.59 Å². The number of carbonyl (C=O) groups excluding carboxylic acids is 2. The van der Waals surface area contributed by atoms with E-state index in [1.807, 2.05) is 60.8 Å². The van der Waals surface area contributed by atoms with Gasteiger partial charge in [-0.25, -0.2) is 9.59 Å². The number of hydrogen-bond acceptors (Lipinski definition) is 3. The van der Waals surface area contributed by atoms with Crippen molar-refractivity contribution in [3.05, 3.63) is 119 Å². The van der Waals surface area contributed by atoms with Crippen LogP contribution in [0, 0.1) is 0 Å². The molecule has 3 aromatic carbocycles. The Labute approximate surface area is 208 Å². The van der Waals surface area contributed by atoms with Gasteiger partial charge in [-0.2, -0.15) is 0 Å². The molecular formula is C28H24ClN3O3. The fourth-order valence-electron chi connectivity index (χ4n) is 4.46. The zero-order valence-electron chi connectivity index (χ0n) is 19.1. The molecule has 1 atom stereocenters. The second-order valence-corrected chi connectivity index (χ2v) is 8.62. The van der Waals surface area contributed by atoms with Gasteiger partial charge in [0.1, 0.15) is 6.04 Å². The minimum absolute atomic E-state index is 0.275. The summed E-state index contributed by atoms with van der Waals surface area (Å²) in [5.74, 6) is -0.394. The lowest BCUT2D eigenvalue weighted by Crippen LogP contribution is -2.38. The van der Waals surface area contributed by atoms with E-state index in [4.69, 9.17) is 16.3 Å². The molecule has 0 unspecified atom stereocenters. The smallest absolute Gasteiger partial charge is 0.338 e. The molecule has 176 valence electrons. The van der Waals surface area contributed by atoms with Crippen LogP contribution in [0.15, 0.2) is 91.1 Å². The van der Waals surface area contributed by atoms with Gasteiger partial charge in [0.2, 0.25) is 0 Å². The Morgan fingerprint density at radius 2 is 1.71 bits per heavy atom. The normalized spacial score (nSPS) is 14.5. The fourth-order valence-corrected chi connectivity index (χ4v) is 4.70. The predicted molar refractivity (Wildman–Crippen MR) is 136 cm³/mol. The average Bonchev–Trinajstić information content (AvgIpc) is 3.30. The molecule has 0 fully saturated rings. The van der Waals surface area contributed by atoms with Crippen LogP contribution in [0.3, 0.4) is 0 Å². The van der Waals surface area contributed by atoms with Crippen molar-refractivity contribution >= 4 is 29.3 Å². The molecular weight excluding hydrogens is 462 g/mol. The quantitative estimate of drug-likeness (QED) is 0.338. The lowest BCUT2D eigenvalue weighted by Gasteiger charge is -2.31. The topological polar surface area (TPSA) is 63.6 Å². The number of fused-ring (bicyclic) bond motifs is 3. The van der Waals surface area contributed by atoms with Crippen LogP contribution in [-0.4, -0.2) is 28.1 Å². The summed E-state index contributed by atoms with van der Waals surface area (Å²) in [5.41, 5.74) is 4.84. The van der Waals surface area contributed by atoms with Gasteiger partial charge in [0.05, 0.1) is 30.1 Å². The van der Waals surface area contributed by atoms with Crippen LogP contribution >= 0.6 is 11.6 Å². The summed E-state index contributed by atoms with van der Waals surface area (Å²) >= 11 is 6.65. The van der Waals surface area contributed by atoms with Crippen LogP contribution in [-0.2, 0) is 11.3 Å². The van der Waals surface area contributed by atoms with E-state index < -0.39 is 12.0 Å². The molecule has 0 saturated heterocycles. The highest BCUT2D eigenvalue weighted by molar-refractivity contribution is 6.31. The van der Waals surface area contributed by atoms with Crippen LogP contribution in [0.2, 0.25) is 5.02 Å². The summed E-state index contributed by atoms with van der Waals surface area (Å²) in [5, 5.41) is 3.58. The average molecular weight is 486 g/mol. The highest BCUT2D eigenvalue weighted by atomic mass is 35.5. The zero-order valence-corrected chi connectivity index (χ0v) is 19.9. The fraction of sp³-hybridized carbons (Fsp3) is 0.143. The number of esters is 1. The monoisotopic (exact) mass is 485 g/mol. The maximum absolute atomic E-state index is 13.7. The number of para-hydroxylation sites is 1. The summed E-state index contributed by atoms with van der Waals surface area (Å²) in [6, 6.07) is 25.6. The molecule has 35 heavy (non-hydrogen) atoms. The number of halogens is 1. The van der Waals surface area contributed by atoms with Crippen LogP contribution < -0.4 is 5.32 Å². The third-order valence-electron chi connectivity index (χ3n) is 6.07. The van der Waals surface area contributed by atoms with Crippen LogP contribution in [0.25, 0.3) is 5.69 Å². The van der Waals surface area contributed by atoms with Gasteiger partial charge in [0, 0.05) is 16.9 Å². The molecule has 1 aliphatic rings. The molecule has 2 amide bonds. The summed E-state index contributed by atoms with van der Waals surface area (Å²) in [6.07, 6.45) is 2.01. The third-order valence-corrected chi connectivity index (χ3v) is 6.42. The molecule has 6 nitrogen and oxygen atoms in total. The summed E-state index contributed by atoms with van der Waals surface area (Å²) in [6.45, 7) is 2.46. The number of aromatic nitrogens is 1. The van der Waals surface area contributed by atoms with E-state index >= 15 is 0 Å². The Morgan fingerprint density at radius 1 is 0.971 bits per heavy atom. The van der Waals surface area contributed by atoms with Crippen molar-refractivity contribution in [1.29, 1.82) is 0 Å². The number of anilines is 1. The van der Waals surface area contributed by atoms with E-state index in [2.05, 4.69) is 16.0 Å². The van der Waals surface area contributed by atoms with Crippen LogP contribution in [0.5, 0.6) is 0 Å². The zero-order chi connectivity index (χ0) is 24.4. The molecule has 1 aliphatic heterocycles. The highest BCUT2D eigenvalue weighted by Crippen LogP contribution is 2.39. The van der Waals surface area contributed by atoms with Gasteiger partial charge in [-0.3, -0.25) is 0 Å². The highest BCUT2D eigenvalue weighted by Gasteiger charge is 2.34. The first-order valence-corrected chi connectivity index (χ1v) is 11.8. The summed E-state index contributed by atoms with van der Waals surface area (Å²) < 4.78 is 7.16. The summed E-state index contributed by atoms with van der Waals surface area (Å²) in [7, 11) is 0. The van der Waals surface area contributed by atoms with Crippen LogP contribution in [0.4, 0.5) is 10.5 Å². The van der Waals surface area contributed by atoms with E-state index in [0.29, 0.717) is 29.4 Å². The molecule has 1 N–H and O–H groups in total. The Morgan fingerprint density at radius 3 is 2.49 bits per heavy atom. The van der Waals surface area contributed by atoms with E-state index in [0.717, 1.165) is 22.5 Å². The molecule has 7 heteroatoms. The van der Waals surface area contributed by atoms with Crippen molar-refractivity contribution < 1.29 is 14.3 Å². The largest absolute Gasteiger partial charge is 0.462 e. The van der Waals surface area contributed by atoms with E-state index in [1.54, 1.807) is 36.1 Å². The van der Waals surface area contributed by atoms with Gasteiger partial charge in [0.15, 0.2) is 0 Å². The van der Waals surface area contributed by atoms with Gasteiger partial charge in [0.25, 0.3) is 0 Å². The number of nitrogens with zero attached hydrogens (tertiary/aromatic N) is 2. The predicted octanol–water partition coefficient (Wildman–Crippen LogP) is 6.44. The van der Waals surface area contributed by atoms with Gasteiger partial charge in [-0.15, -0.1) is 0 Å². The Kier molecular flexibility index (Phi) is 6.29. The molecule has 0 saturated carbocycles. The number of rotatable bonds is 4. The van der Waals surface area contributed by atoms with E-state index in [1.165, 1.54) is 0 Å². The number of ether oxygens (including phenoxy) is 1. The molecule has 5 rings (SSSR count). The van der Waals surface area contributed by atoms with Gasteiger partial charge >= 0.3 is 12.0 Å². The number of carbonyl (C=O) groups is 2. The third kappa shape index (κ3) is 4.40. The van der Waals surface area contributed by atoms with Gasteiger partial charge < -0.3 is 19.5 Å². The molecule has 0 radical (unpaired) electrons. The lowest BCUT2D eigenvalue weighted by atomic mass is 10.0. The minimum Gasteiger partial charge on any atom is -0.462 e. The van der Waals surface area contributed by atoms with Crippen molar-refractivity contribution in [1.82, 2.24) is 9.47 Å². The lowest BCUT2D eigenvalue weighted by molar-refractivity contribution is 0.0526. The minimum atomic E-state index is -0.412. The first kappa shape index (κ1) is 22.7.